The van der Waals surface area contributed by atoms with Gasteiger partial charge in [0.2, 0.25) is 0 Å². The first-order valence-electron chi connectivity index (χ1n) is 19.7. The zero-order valence-corrected chi connectivity index (χ0v) is 33.0. The Morgan fingerprint density at radius 1 is 0.561 bits per heavy atom. The Morgan fingerprint density at radius 2 is 1.04 bits per heavy atom. The maximum atomic E-state index is 12.9. The van der Waals surface area contributed by atoms with E-state index >= 15 is 0 Å². The van der Waals surface area contributed by atoms with Gasteiger partial charge in [0.15, 0.2) is 0 Å². The fraction of sp³-hybridized carbons (Fsp3) is 0.260. The highest BCUT2D eigenvalue weighted by molar-refractivity contribution is 6.31. The van der Waals surface area contributed by atoms with Crippen molar-refractivity contribution < 1.29 is 28.5 Å². The average molecular weight is 781 g/mol. The summed E-state index contributed by atoms with van der Waals surface area (Å²) in [7, 11) is 0. The third-order valence-corrected chi connectivity index (χ3v) is 10.7. The molecule has 6 aromatic carbocycles. The van der Waals surface area contributed by atoms with Gasteiger partial charge < -0.3 is 23.7 Å². The highest BCUT2D eigenvalue weighted by atomic mass is 35.5. The summed E-state index contributed by atoms with van der Waals surface area (Å²) in [6.45, 7) is 3.67. The molecule has 5 atom stereocenters. The van der Waals surface area contributed by atoms with Crippen molar-refractivity contribution in [2.75, 3.05) is 6.61 Å². The molecule has 6 aromatic rings. The smallest absolute Gasteiger partial charge is 0.150 e. The van der Waals surface area contributed by atoms with Gasteiger partial charge in [-0.15, -0.1) is 0 Å². The predicted octanol–water partition coefficient (Wildman–Crippen LogP) is 10.7. The normalized spacial score (nSPS) is 19.3. The minimum atomic E-state index is -0.741. The van der Waals surface area contributed by atoms with Crippen LogP contribution in [0.5, 0.6) is 0 Å². The molecule has 7 rings (SSSR count). The number of halogens is 1. The summed E-state index contributed by atoms with van der Waals surface area (Å²) in [6, 6.07) is 52.5. The van der Waals surface area contributed by atoms with E-state index in [-0.39, 0.29) is 13.2 Å². The van der Waals surface area contributed by atoms with E-state index in [9.17, 15) is 4.79 Å². The second-order valence-electron chi connectivity index (χ2n) is 14.4. The van der Waals surface area contributed by atoms with Crippen LogP contribution in [0.15, 0.2) is 158 Å². The van der Waals surface area contributed by atoms with E-state index in [1.165, 1.54) is 5.56 Å². The first kappa shape index (κ1) is 40.3. The first-order chi connectivity index (χ1) is 28.1. The fourth-order valence-electron chi connectivity index (χ4n) is 7.29. The molecule has 5 unspecified atom stereocenters. The van der Waals surface area contributed by atoms with Crippen molar-refractivity contribution >= 4 is 17.9 Å². The van der Waals surface area contributed by atoms with Gasteiger partial charge in [-0.3, -0.25) is 4.79 Å². The lowest BCUT2D eigenvalue weighted by Gasteiger charge is -2.46. The Bertz CT molecular complexity index is 2110. The summed E-state index contributed by atoms with van der Waals surface area (Å²) in [4.78, 5) is 12.9. The second kappa shape index (κ2) is 20.5. The van der Waals surface area contributed by atoms with E-state index in [0.29, 0.717) is 42.4 Å². The lowest BCUT2D eigenvalue weighted by atomic mass is 9.87. The molecule has 0 aromatic heterocycles. The third kappa shape index (κ3) is 10.9. The molecule has 7 heteroatoms. The predicted molar refractivity (Wildman–Crippen MR) is 224 cm³/mol. The minimum Gasteiger partial charge on any atom is -0.374 e. The van der Waals surface area contributed by atoms with Gasteiger partial charge in [-0.05, 0) is 63.4 Å². The van der Waals surface area contributed by atoms with E-state index < -0.39 is 30.5 Å². The van der Waals surface area contributed by atoms with Crippen molar-refractivity contribution in [3.05, 3.63) is 213 Å². The standard InChI is InChI=1S/C50H49ClO6/c1-2-36-23-25-37(26-24-36)27-42-28-44(43(30-52)29-45(42)51)47-49(55-33-40-19-11-5-12-20-40)50(56-34-41-21-13-6-14-22-41)48(54-32-39-17-9-4-10-18-39)46(57-47)35-53-31-38-15-7-3-8-16-38/h3-26,28-30,46-50H,2,27,31-35H2,1H3. The van der Waals surface area contributed by atoms with Gasteiger partial charge in [0, 0.05) is 10.6 Å². The van der Waals surface area contributed by atoms with Crippen molar-refractivity contribution in [3.63, 3.8) is 0 Å². The maximum absolute atomic E-state index is 12.9. The van der Waals surface area contributed by atoms with Crippen molar-refractivity contribution in [2.45, 2.75) is 76.7 Å². The maximum Gasteiger partial charge on any atom is 0.150 e. The number of aldehydes is 1. The van der Waals surface area contributed by atoms with Gasteiger partial charge >= 0.3 is 0 Å². The third-order valence-electron chi connectivity index (χ3n) is 10.4. The Balaban J connectivity index is 1.30. The van der Waals surface area contributed by atoms with E-state index in [1.54, 1.807) is 6.07 Å². The number of aryl methyl sites for hydroxylation is 1. The van der Waals surface area contributed by atoms with Crippen molar-refractivity contribution in [1.29, 1.82) is 0 Å². The van der Waals surface area contributed by atoms with E-state index in [1.807, 2.05) is 127 Å². The molecule has 1 aliphatic heterocycles. The number of rotatable bonds is 18. The van der Waals surface area contributed by atoms with E-state index in [2.05, 4.69) is 31.2 Å². The molecule has 57 heavy (non-hydrogen) atoms. The lowest BCUT2D eigenvalue weighted by Crippen LogP contribution is -2.58. The highest BCUT2D eigenvalue weighted by Crippen LogP contribution is 2.41. The fourth-order valence-corrected chi connectivity index (χ4v) is 7.53. The summed E-state index contributed by atoms with van der Waals surface area (Å²) >= 11 is 6.93. The minimum absolute atomic E-state index is 0.210. The molecule has 0 amide bonds. The van der Waals surface area contributed by atoms with Gasteiger partial charge in [0.05, 0.1) is 33.0 Å². The van der Waals surface area contributed by atoms with Crippen LogP contribution in [0, 0.1) is 0 Å². The molecule has 0 N–H and O–H groups in total. The quantitative estimate of drug-likeness (QED) is 0.0810. The number of carbonyl (C=O) groups is 1. The molecule has 292 valence electrons. The molecule has 1 aliphatic rings. The zero-order chi connectivity index (χ0) is 39.2. The van der Waals surface area contributed by atoms with Crippen LogP contribution in [0.1, 0.15) is 67.9 Å². The van der Waals surface area contributed by atoms with Gasteiger partial charge in [-0.1, -0.05) is 170 Å². The molecule has 0 aliphatic carbocycles. The van der Waals surface area contributed by atoms with Crippen molar-refractivity contribution in [3.8, 4) is 0 Å². The van der Waals surface area contributed by atoms with Gasteiger partial charge in [0.1, 0.15) is 36.8 Å². The Morgan fingerprint density at radius 3 is 1.54 bits per heavy atom. The van der Waals surface area contributed by atoms with Crippen LogP contribution < -0.4 is 0 Å². The van der Waals surface area contributed by atoms with Crippen LogP contribution >= 0.6 is 11.6 Å². The molecule has 1 saturated heterocycles. The molecule has 6 nitrogen and oxygen atoms in total. The highest BCUT2D eigenvalue weighted by Gasteiger charge is 2.49. The monoisotopic (exact) mass is 780 g/mol. The average Bonchev–Trinajstić information content (AvgIpc) is 3.26. The molecule has 1 fully saturated rings. The Kier molecular flexibility index (Phi) is 14.5. The lowest BCUT2D eigenvalue weighted by molar-refractivity contribution is -0.275. The van der Waals surface area contributed by atoms with Crippen LogP contribution in [0.25, 0.3) is 0 Å². The molecule has 0 spiro atoms. The van der Waals surface area contributed by atoms with Gasteiger partial charge in [-0.25, -0.2) is 0 Å². The van der Waals surface area contributed by atoms with Gasteiger partial charge in [0.25, 0.3) is 0 Å². The molecule has 1 heterocycles. The van der Waals surface area contributed by atoms with Crippen molar-refractivity contribution in [1.82, 2.24) is 0 Å². The number of carbonyl (C=O) groups excluding carboxylic acids is 1. The Labute approximate surface area is 341 Å². The van der Waals surface area contributed by atoms with E-state index in [0.717, 1.165) is 46.1 Å². The SMILES string of the molecule is CCc1ccc(Cc2cc(C3OC(COCc4ccccc4)C(OCc4ccccc4)C(OCc4ccccc4)C3OCc3ccccc3)c(C=O)cc2Cl)cc1. The summed E-state index contributed by atoms with van der Waals surface area (Å²) in [5.41, 5.74) is 8.44. The Hall–Kier alpha value is -4.92. The van der Waals surface area contributed by atoms with Crippen LogP contribution in [-0.4, -0.2) is 37.3 Å². The van der Waals surface area contributed by atoms with Crippen LogP contribution in [0.3, 0.4) is 0 Å². The van der Waals surface area contributed by atoms with Crippen molar-refractivity contribution in [2.24, 2.45) is 0 Å². The summed E-state index contributed by atoms with van der Waals surface area (Å²) in [5, 5.41) is 0.515. The first-order valence-corrected chi connectivity index (χ1v) is 20.0. The molecular weight excluding hydrogens is 732 g/mol. The summed E-state index contributed by atoms with van der Waals surface area (Å²) in [5.74, 6) is 0. The zero-order valence-electron chi connectivity index (χ0n) is 32.3. The topological polar surface area (TPSA) is 63.2 Å². The second-order valence-corrected chi connectivity index (χ2v) is 14.8. The number of hydrogen-bond donors (Lipinski definition) is 0. The number of ether oxygens (including phenoxy) is 5. The molecule has 0 saturated carbocycles. The summed E-state index contributed by atoms with van der Waals surface area (Å²) < 4.78 is 34.3. The number of hydrogen-bond acceptors (Lipinski definition) is 6. The molecular formula is C50H49ClO6. The van der Waals surface area contributed by atoms with E-state index in [4.69, 9.17) is 35.3 Å². The molecule has 0 radical (unpaired) electrons. The van der Waals surface area contributed by atoms with Gasteiger partial charge in [-0.2, -0.15) is 0 Å². The largest absolute Gasteiger partial charge is 0.374 e. The molecule has 0 bridgehead atoms. The van der Waals surface area contributed by atoms with Crippen LogP contribution in [0.2, 0.25) is 5.02 Å². The van der Waals surface area contributed by atoms with Crippen LogP contribution in [-0.2, 0) is 63.0 Å². The number of benzene rings is 6. The summed E-state index contributed by atoms with van der Waals surface area (Å²) in [6.07, 6.45) is -0.893. The van der Waals surface area contributed by atoms with Crippen LogP contribution in [0.4, 0.5) is 0 Å².